The van der Waals surface area contributed by atoms with Crippen LogP contribution in [0.5, 0.6) is 0 Å². The molecule has 2 aliphatic rings. The van der Waals surface area contributed by atoms with Crippen LogP contribution in [0.1, 0.15) is 91.1 Å². The lowest BCUT2D eigenvalue weighted by Gasteiger charge is -2.31. The molecule has 4 rings (SSSR count). The summed E-state index contributed by atoms with van der Waals surface area (Å²) >= 11 is 0. The molecule has 2 aromatic rings. The summed E-state index contributed by atoms with van der Waals surface area (Å²) in [6.45, 7) is 3.95. The van der Waals surface area contributed by atoms with Crippen molar-refractivity contribution in [1.82, 2.24) is 19.8 Å². The molecule has 188 valence electrons. The maximum Gasteiger partial charge on any atom is 0.259 e. The van der Waals surface area contributed by atoms with Crippen molar-refractivity contribution in [1.29, 1.82) is 0 Å². The number of pyridine rings is 2. The van der Waals surface area contributed by atoms with Crippen LogP contribution in [0.3, 0.4) is 0 Å². The number of aryl methyl sites for hydroxylation is 2. The van der Waals surface area contributed by atoms with E-state index in [1.807, 2.05) is 22.8 Å². The summed E-state index contributed by atoms with van der Waals surface area (Å²) in [5, 5.41) is 3.11. The molecule has 2 fully saturated rings. The number of carbonyl (C=O) groups is 2. The number of piperidine rings is 1. The van der Waals surface area contributed by atoms with E-state index in [0.29, 0.717) is 32.0 Å². The zero-order valence-corrected chi connectivity index (χ0v) is 20.9. The first-order valence-corrected chi connectivity index (χ1v) is 13.3. The van der Waals surface area contributed by atoms with Crippen LogP contribution in [0.4, 0.5) is 0 Å². The Bertz CT molecular complexity index is 1060. The summed E-state index contributed by atoms with van der Waals surface area (Å²) in [6.07, 6.45) is 15.3. The molecular weight excluding hydrogens is 440 g/mol. The Kier molecular flexibility index (Phi) is 8.72. The maximum atomic E-state index is 13.4. The van der Waals surface area contributed by atoms with Gasteiger partial charge in [0.1, 0.15) is 11.1 Å². The van der Waals surface area contributed by atoms with Gasteiger partial charge in [-0.15, -0.1) is 0 Å². The summed E-state index contributed by atoms with van der Waals surface area (Å²) in [5.74, 6) is -0.229. The molecular formula is C28H38N4O3. The van der Waals surface area contributed by atoms with Crippen LogP contribution < -0.4 is 10.7 Å². The fraction of sp³-hybridized carbons (Fsp3) is 0.571. The predicted molar refractivity (Wildman–Crippen MR) is 137 cm³/mol. The SMILES string of the molecule is C[C@@H]1CCCN(C(=O)c2cn(CCc3ccccn3)cc(C(=O)NC3CCCCCCC3)c2=O)C1. The molecule has 3 heterocycles. The molecule has 7 heteroatoms. The maximum absolute atomic E-state index is 13.4. The van der Waals surface area contributed by atoms with Crippen LogP contribution in [0.2, 0.25) is 0 Å². The van der Waals surface area contributed by atoms with E-state index in [1.54, 1.807) is 23.5 Å². The summed E-state index contributed by atoms with van der Waals surface area (Å²) in [6, 6.07) is 5.84. The minimum Gasteiger partial charge on any atom is -0.352 e. The van der Waals surface area contributed by atoms with E-state index in [9.17, 15) is 14.4 Å². The van der Waals surface area contributed by atoms with Crippen LogP contribution >= 0.6 is 0 Å². The van der Waals surface area contributed by atoms with Crippen LogP contribution in [-0.2, 0) is 13.0 Å². The molecule has 0 aromatic carbocycles. The van der Waals surface area contributed by atoms with Crippen molar-refractivity contribution in [3.8, 4) is 0 Å². The second-order valence-electron chi connectivity index (χ2n) is 10.2. The number of likely N-dealkylation sites (tertiary alicyclic amines) is 1. The van der Waals surface area contributed by atoms with E-state index >= 15 is 0 Å². The van der Waals surface area contributed by atoms with E-state index in [1.165, 1.54) is 19.3 Å². The number of hydrogen-bond donors (Lipinski definition) is 1. The zero-order chi connectivity index (χ0) is 24.6. The zero-order valence-electron chi connectivity index (χ0n) is 20.9. The van der Waals surface area contributed by atoms with E-state index in [4.69, 9.17) is 0 Å². The van der Waals surface area contributed by atoms with Crippen molar-refractivity contribution in [2.75, 3.05) is 13.1 Å². The Morgan fingerprint density at radius 2 is 1.74 bits per heavy atom. The number of carbonyl (C=O) groups excluding carboxylic acids is 2. The molecule has 1 N–H and O–H groups in total. The first-order chi connectivity index (χ1) is 17.0. The second-order valence-corrected chi connectivity index (χ2v) is 10.2. The molecule has 1 aliphatic carbocycles. The number of nitrogens with zero attached hydrogens (tertiary/aromatic N) is 3. The van der Waals surface area contributed by atoms with Crippen LogP contribution in [0.25, 0.3) is 0 Å². The lowest BCUT2D eigenvalue weighted by molar-refractivity contribution is 0.0680. The normalized spacial score (nSPS) is 19.6. The van der Waals surface area contributed by atoms with Crippen molar-refractivity contribution in [3.05, 3.63) is 63.8 Å². The highest BCUT2D eigenvalue weighted by Gasteiger charge is 2.27. The minimum absolute atomic E-state index is 0.0592. The first-order valence-electron chi connectivity index (χ1n) is 13.3. The van der Waals surface area contributed by atoms with Crippen molar-refractivity contribution >= 4 is 11.8 Å². The predicted octanol–water partition coefficient (Wildman–Crippen LogP) is 4.20. The van der Waals surface area contributed by atoms with Gasteiger partial charge in [-0.2, -0.15) is 0 Å². The molecule has 1 aliphatic heterocycles. The monoisotopic (exact) mass is 478 g/mol. The molecule has 1 saturated carbocycles. The van der Waals surface area contributed by atoms with Crippen molar-refractivity contribution in [3.63, 3.8) is 0 Å². The highest BCUT2D eigenvalue weighted by Crippen LogP contribution is 2.19. The van der Waals surface area contributed by atoms with Gasteiger partial charge in [-0.3, -0.25) is 19.4 Å². The van der Waals surface area contributed by atoms with Crippen molar-refractivity contribution in [2.24, 2.45) is 5.92 Å². The third kappa shape index (κ3) is 6.80. The summed E-state index contributed by atoms with van der Waals surface area (Å²) in [4.78, 5) is 46.3. The highest BCUT2D eigenvalue weighted by atomic mass is 16.2. The van der Waals surface area contributed by atoms with Gasteiger partial charge >= 0.3 is 0 Å². The van der Waals surface area contributed by atoms with Crippen LogP contribution in [0, 0.1) is 5.92 Å². The van der Waals surface area contributed by atoms with E-state index in [0.717, 1.165) is 44.2 Å². The van der Waals surface area contributed by atoms with E-state index in [-0.39, 0.29) is 29.0 Å². The Morgan fingerprint density at radius 1 is 1.00 bits per heavy atom. The fourth-order valence-electron chi connectivity index (χ4n) is 5.27. The van der Waals surface area contributed by atoms with E-state index < -0.39 is 5.43 Å². The molecule has 0 unspecified atom stereocenters. The number of rotatable bonds is 6. The van der Waals surface area contributed by atoms with Gasteiger partial charge in [0.25, 0.3) is 11.8 Å². The summed E-state index contributed by atoms with van der Waals surface area (Å²) < 4.78 is 1.81. The number of hydrogen-bond acceptors (Lipinski definition) is 4. The number of amides is 2. The van der Waals surface area contributed by atoms with Crippen LogP contribution in [-0.4, -0.2) is 45.4 Å². The van der Waals surface area contributed by atoms with Gasteiger partial charge in [0, 0.05) is 56.4 Å². The largest absolute Gasteiger partial charge is 0.352 e. The van der Waals surface area contributed by atoms with Crippen molar-refractivity contribution < 1.29 is 9.59 Å². The molecule has 0 spiro atoms. The van der Waals surface area contributed by atoms with Crippen molar-refractivity contribution in [2.45, 2.75) is 83.7 Å². The molecule has 7 nitrogen and oxygen atoms in total. The van der Waals surface area contributed by atoms with E-state index in [2.05, 4.69) is 17.2 Å². The van der Waals surface area contributed by atoms with Gasteiger partial charge < -0.3 is 14.8 Å². The molecule has 2 amide bonds. The average molecular weight is 479 g/mol. The summed E-state index contributed by atoms with van der Waals surface area (Å²) in [5.41, 5.74) is 0.601. The lowest BCUT2D eigenvalue weighted by Crippen LogP contribution is -2.43. The fourth-order valence-corrected chi connectivity index (χ4v) is 5.27. The lowest BCUT2D eigenvalue weighted by atomic mass is 9.96. The third-order valence-electron chi connectivity index (χ3n) is 7.29. The first kappa shape index (κ1) is 25.1. The molecule has 0 radical (unpaired) electrons. The smallest absolute Gasteiger partial charge is 0.259 e. The van der Waals surface area contributed by atoms with Gasteiger partial charge in [0.15, 0.2) is 0 Å². The van der Waals surface area contributed by atoms with Crippen LogP contribution in [0.15, 0.2) is 41.6 Å². The quantitative estimate of drug-likeness (QED) is 0.674. The molecule has 35 heavy (non-hydrogen) atoms. The molecule has 1 atom stereocenters. The standard InChI is InChI=1S/C28H38N4O3/c1-21-10-9-16-32(18-21)28(35)25-20-31(17-14-22-11-7-8-15-29-22)19-24(26(25)33)27(34)30-23-12-5-3-2-4-6-13-23/h7-8,11,15,19-21,23H,2-6,9-10,12-14,16-18H2,1H3,(H,30,34)/t21-/m1/s1. The Labute approximate surface area is 207 Å². The Hall–Kier alpha value is -2.96. The summed E-state index contributed by atoms with van der Waals surface area (Å²) in [7, 11) is 0. The second kappa shape index (κ2) is 12.1. The number of nitrogens with one attached hydrogen (secondary N) is 1. The third-order valence-corrected chi connectivity index (χ3v) is 7.29. The van der Waals surface area contributed by atoms with Gasteiger partial charge in [0.05, 0.1) is 0 Å². The molecule has 2 aromatic heterocycles. The molecule has 1 saturated heterocycles. The number of aromatic nitrogens is 2. The van der Waals surface area contributed by atoms with Gasteiger partial charge in [-0.1, -0.05) is 45.1 Å². The van der Waals surface area contributed by atoms with Gasteiger partial charge in [-0.25, -0.2) is 0 Å². The van der Waals surface area contributed by atoms with Gasteiger partial charge in [-0.05, 0) is 43.7 Å². The molecule has 0 bridgehead atoms. The Morgan fingerprint density at radius 3 is 2.46 bits per heavy atom. The van der Waals surface area contributed by atoms with Gasteiger partial charge in [0.2, 0.25) is 5.43 Å². The Balaban J connectivity index is 1.60. The highest BCUT2D eigenvalue weighted by molar-refractivity contribution is 5.99. The average Bonchev–Trinajstić information content (AvgIpc) is 2.85. The topological polar surface area (TPSA) is 84.3 Å². The minimum atomic E-state index is -0.467.